The zero-order valence-electron chi connectivity index (χ0n) is 14.4. The average molecular weight is 343 g/mol. The third-order valence-corrected chi connectivity index (χ3v) is 3.57. The molecule has 0 aliphatic heterocycles. The van der Waals surface area contributed by atoms with Crippen LogP contribution in [0.5, 0.6) is 11.5 Å². The predicted molar refractivity (Wildman–Crippen MR) is 92.7 cm³/mol. The van der Waals surface area contributed by atoms with Gasteiger partial charge in [-0.25, -0.2) is 4.79 Å². The van der Waals surface area contributed by atoms with Crippen molar-refractivity contribution >= 4 is 11.9 Å². The van der Waals surface area contributed by atoms with Gasteiger partial charge in [0.05, 0.1) is 19.8 Å². The number of carbonyl (C=O) groups excluding carboxylic acids is 2. The molecule has 0 saturated heterocycles. The third kappa shape index (κ3) is 4.97. The lowest BCUT2D eigenvalue weighted by Gasteiger charge is -2.17. The van der Waals surface area contributed by atoms with Gasteiger partial charge in [0.2, 0.25) is 0 Å². The Morgan fingerprint density at radius 3 is 2.40 bits per heavy atom. The van der Waals surface area contributed by atoms with Crippen LogP contribution in [0.25, 0.3) is 0 Å². The van der Waals surface area contributed by atoms with Crippen LogP contribution in [0.15, 0.2) is 48.5 Å². The van der Waals surface area contributed by atoms with Crippen LogP contribution >= 0.6 is 0 Å². The smallest absolute Gasteiger partial charge is 0.337 e. The number of carbonyl (C=O) groups is 2. The Bertz CT molecular complexity index is 730. The largest absolute Gasteiger partial charge is 0.493 e. The van der Waals surface area contributed by atoms with Gasteiger partial charge in [-0.15, -0.1) is 0 Å². The van der Waals surface area contributed by atoms with E-state index >= 15 is 0 Å². The average Bonchev–Trinajstić information content (AvgIpc) is 2.66. The second-order valence-electron chi connectivity index (χ2n) is 5.32. The van der Waals surface area contributed by atoms with Gasteiger partial charge in [0.25, 0.3) is 5.91 Å². The number of methoxy groups -OCH3 is 2. The zero-order valence-corrected chi connectivity index (χ0v) is 14.4. The fourth-order valence-electron chi connectivity index (χ4n) is 2.18. The van der Waals surface area contributed by atoms with Crippen molar-refractivity contribution in [1.29, 1.82) is 0 Å². The molecule has 2 aromatic carbocycles. The molecular weight excluding hydrogens is 322 g/mol. The van der Waals surface area contributed by atoms with E-state index in [1.54, 1.807) is 19.1 Å². The summed E-state index contributed by atoms with van der Waals surface area (Å²) in [5.74, 6) is 0.00424. The lowest BCUT2D eigenvalue weighted by Crippen LogP contribution is -2.36. The van der Waals surface area contributed by atoms with E-state index in [0.29, 0.717) is 23.6 Å². The van der Waals surface area contributed by atoms with Crippen LogP contribution in [0.2, 0.25) is 0 Å². The van der Waals surface area contributed by atoms with Crippen LogP contribution in [0.4, 0.5) is 0 Å². The summed E-state index contributed by atoms with van der Waals surface area (Å²) >= 11 is 0. The minimum Gasteiger partial charge on any atom is -0.493 e. The SMILES string of the molecule is COC(=O)c1ccc(O[C@@H](C)C(=O)NCc2ccccc2)c(OC)c1. The maximum Gasteiger partial charge on any atom is 0.337 e. The number of esters is 1. The van der Waals surface area contributed by atoms with E-state index in [2.05, 4.69) is 10.1 Å². The molecule has 1 atom stereocenters. The standard InChI is InChI=1S/C19H21NO5/c1-13(18(21)20-12-14-7-5-4-6-8-14)25-16-10-9-15(19(22)24-3)11-17(16)23-2/h4-11,13H,12H2,1-3H3,(H,20,21)/t13-/m0/s1. The summed E-state index contributed by atoms with van der Waals surface area (Å²) in [6.07, 6.45) is -0.721. The zero-order chi connectivity index (χ0) is 18.2. The van der Waals surface area contributed by atoms with Crippen molar-refractivity contribution in [3.63, 3.8) is 0 Å². The van der Waals surface area contributed by atoms with Gasteiger partial charge < -0.3 is 19.5 Å². The molecule has 6 heteroatoms. The monoisotopic (exact) mass is 343 g/mol. The molecule has 2 aromatic rings. The number of rotatable bonds is 7. The van der Waals surface area contributed by atoms with Gasteiger partial charge >= 0.3 is 5.97 Å². The van der Waals surface area contributed by atoms with Crippen molar-refractivity contribution in [1.82, 2.24) is 5.32 Å². The molecular formula is C19H21NO5. The summed E-state index contributed by atoms with van der Waals surface area (Å²) in [5, 5.41) is 2.82. The Morgan fingerprint density at radius 1 is 1.04 bits per heavy atom. The van der Waals surface area contributed by atoms with Crippen molar-refractivity contribution in [2.45, 2.75) is 19.6 Å². The Labute approximate surface area is 146 Å². The summed E-state index contributed by atoms with van der Waals surface area (Å²) in [6.45, 7) is 2.07. The van der Waals surface area contributed by atoms with Gasteiger partial charge in [0.15, 0.2) is 17.6 Å². The van der Waals surface area contributed by atoms with Gasteiger partial charge in [0, 0.05) is 6.54 Å². The molecule has 0 aliphatic rings. The van der Waals surface area contributed by atoms with Gasteiger partial charge in [0.1, 0.15) is 0 Å². The quantitative estimate of drug-likeness (QED) is 0.782. The fraction of sp³-hybridized carbons (Fsp3) is 0.263. The number of benzene rings is 2. The van der Waals surface area contributed by atoms with Crippen LogP contribution in [-0.2, 0) is 16.1 Å². The first-order valence-electron chi connectivity index (χ1n) is 7.79. The summed E-state index contributed by atoms with van der Waals surface area (Å²) in [4.78, 5) is 23.8. The van der Waals surface area contributed by atoms with Crippen LogP contribution in [0.1, 0.15) is 22.8 Å². The van der Waals surface area contributed by atoms with Crippen molar-refractivity contribution < 1.29 is 23.8 Å². The predicted octanol–water partition coefficient (Wildman–Crippen LogP) is 2.57. The highest BCUT2D eigenvalue weighted by Gasteiger charge is 2.18. The molecule has 25 heavy (non-hydrogen) atoms. The minimum absolute atomic E-state index is 0.247. The Balaban J connectivity index is 2.00. The van der Waals surface area contributed by atoms with E-state index in [4.69, 9.17) is 9.47 Å². The molecule has 1 N–H and O–H groups in total. The van der Waals surface area contributed by atoms with E-state index in [9.17, 15) is 9.59 Å². The van der Waals surface area contributed by atoms with Crippen LogP contribution in [-0.4, -0.2) is 32.2 Å². The molecule has 132 valence electrons. The lowest BCUT2D eigenvalue weighted by atomic mass is 10.2. The van der Waals surface area contributed by atoms with E-state index in [-0.39, 0.29) is 5.91 Å². The van der Waals surface area contributed by atoms with Crippen molar-refractivity contribution in [3.8, 4) is 11.5 Å². The van der Waals surface area contributed by atoms with E-state index in [1.165, 1.54) is 20.3 Å². The number of hydrogen-bond donors (Lipinski definition) is 1. The maximum atomic E-state index is 12.2. The van der Waals surface area contributed by atoms with Gasteiger partial charge in [-0.3, -0.25) is 4.79 Å². The van der Waals surface area contributed by atoms with Gasteiger partial charge in [-0.2, -0.15) is 0 Å². The molecule has 0 bridgehead atoms. The maximum absolute atomic E-state index is 12.2. The summed E-state index contributed by atoms with van der Waals surface area (Å²) in [5.41, 5.74) is 1.34. The molecule has 0 fully saturated rings. The molecule has 0 radical (unpaired) electrons. The first kappa shape index (κ1) is 18.3. The summed E-state index contributed by atoms with van der Waals surface area (Å²) < 4.78 is 15.6. The molecule has 0 aliphatic carbocycles. The molecule has 0 saturated carbocycles. The Morgan fingerprint density at radius 2 is 1.76 bits per heavy atom. The van der Waals surface area contributed by atoms with E-state index in [1.807, 2.05) is 30.3 Å². The van der Waals surface area contributed by atoms with E-state index in [0.717, 1.165) is 5.56 Å². The van der Waals surface area contributed by atoms with Crippen LogP contribution in [0.3, 0.4) is 0 Å². The number of nitrogens with one attached hydrogen (secondary N) is 1. The molecule has 6 nitrogen and oxygen atoms in total. The first-order valence-corrected chi connectivity index (χ1v) is 7.79. The molecule has 1 amide bonds. The molecule has 0 spiro atoms. The van der Waals surface area contributed by atoms with E-state index < -0.39 is 12.1 Å². The number of amides is 1. The summed E-state index contributed by atoms with van der Waals surface area (Å²) in [6, 6.07) is 14.2. The molecule has 0 unspecified atom stereocenters. The van der Waals surface area contributed by atoms with Crippen molar-refractivity contribution in [2.24, 2.45) is 0 Å². The summed E-state index contributed by atoms with van der Waals surface area (Å²) in [7, 11) is 2.77. The molecule has 0 heterocycles. The minimum atomic E-state index is -0.721. The second-order valence-corrected chi connectivity index (χ2v) is 5.32. The van der Waals surface area contributed by atoms with Crippen molar-refractivity contribution in [3.05, 3.63) is 59.7 Å². The Kier molecular flexibility index (Phi) is 6.39. The normalized spacial score (nSPS) is 11.3. The molecule has 2 rings (SSSR count). The van der Waals surface area contributed by atoms with Gasteiger partial charge in [-0.05, 0) is 30.7 Å². The third-order valence-electron chi connectivity index (χ3n) is 3.57. The van der Waals surface area contributed by atoms with Crippen LogP contribution in [0, 0.1) is 0 Å². The first-order chi connectivity index (χ1) is 12.0. The van der Waals surface area contributed by atoms with Crippen molar-refractivity contribution in [2.75, 3.05) is 14.2 Å². The highest BCUT2D eigenvalue weighted by Crippen LogP contribution is 2.29. The highest BCUT2D eigenvalue weighted by molar-refractivity contribution is 5.90. The number of ether oxygens (including phenoxy) is 3. The highest BCUT2D eigenvalue weighted by atomic mass is 16.5. The Hall–Kier alpha value is -3.02. The second kappa shape index (κ2) is 8.73. The van der Waals surface area contributed by atoms with Crippen LogP contribution < -0.4 is 14.8 Å². The fourth-order valence-corrected chi connectivity index (χ4v) is 2.18. The lowest BCUT2D eigenvalue weighted by molar-refractivity contribution is -0.127. The number of hydrogen-bond acceptors (Lipinski definition) is 5. The van der Waals surface area contributed by atoms with Gasteiger partial charge in [-0.1, -0.05) is 30.3 Å². The molecule has 0 aromatic heterocycles. The topological polar surface area (TPSA) is 73.9 Å².